The SMILES string of the molecule is CCCCNC(=O)NCc1ccc(CN2OCC(CCCC)(C3CCCN(C(=O)OC(C)(C)C)C3)N=C2N)cc1. The van der Waals surface area contributed by atoms with Crippen LogP contribution in [0.1, 0.15) is 90.7 Å². The van der Waals surface area contributed by atoms with Gasteiger partial charge in [0.15, 0.2) is 0 Å². The molecule has 40 heavy (non-hydrogen) atoms. The minimum Gasteiger partial charge on any atom is -0.444 e. The monoisotopic (exact) mass is 558 g/mol. The zero-order valence-electron chi connectivity index (χ0n) is 25.1. The third-order valence-corrected chi connectivity index (χ3v) is 7.48. The number of carbonyl (C=O) groups is 2. The molecule has 1 saturated heterocycles. The van der Waals surface area contributed by atoms with Gasteiger partial charge in [-0.15, -0.1) is 0 Å². The van der Waals surface area contributed by atoms with E-state index in [2.05, 4.69) is 24.5 Å². The number of unbranched alkanes of at least 4 members (excludes halogenated alkanes) is 2. The number of amides is 3. The van der Waals surface area contributed by atoms with Crippen molar-refractivity contribution in [1.82, 2.24) is 20.6 Å². The fourth-order valence-electron chi connectivity index (χ4n) is 5.18. The fourth-order valence-corrected chi connectivity index (χ4v) is 5.18. The number of carbonyl (C=O) groups excluding carboxylic acids is 2. The Balaban J connectivity index is 1.63. The topological polar surface area (TPSA) is 122 Å². The van der Waals surface area contributed by atoms with Crippen LogP contribution in [0.4, 0.5) is 9.59 Å². The molecular formula is C30H50N6O4. The lowest BCUT2D eigenvalue weighted by Crippen LogP contribution is -2.57. The predicted molar refractivity (Wildman–Crippen MR) is 157 cm³/mol. The highest BCUT2D eigenvalue weighted by atomic mass is 16.7. The Morgan fingerprint density at radius 2 is 1.82 bits per heavy atom. The van der Waals surface area contributed by atoms with Gasteiger partial charge >= 0.3 is 12.1 Å². The van der Waals surface area contributed by atoms with E-state index in [4.69, 9.17) is 20.3 Å². The molecule has 1 fully saturated rings. The summed E-state index contributed by atoms with van der Waals surface area (Å²) in [5.41, 5.74) is 7.56. The first-order valence-corrected chi connectivity index (χ1v) is 14.9. The summed E-state index contributed by atoms with van der Waals surface area (Å²) in [4.78, 5) is 37.9. The summed E-state index contributed by atoms with van der Waals surface area (Å²) in [6.07, 6.45) is 6.53. The molecule has 0 aromatic heterocycles. The Hall–Kier alpha value is -3.01. The van der Waals surface area contributed by atoms with Crippen LogP contribution in [0.15, 0.2) is 29.3 Å². The van der Waals surface area contributed by atoms with E-state index in [-0.39, 0.29) is 18.0 Å². The van der Waals surface area contributed by atoms with Crippen molar-refractivity contribution in [3.05, 3.63) is 35.4 Å². The number of benzene rings is 1. The number of hydrogen-bond donors (Lipinski definition) is 3. The van der Waals surface area contributed by atoms with Gasteiger partial charge in [-0.25, -0.2) is 19.6 Å². The molecule has 0 spiro atoms. The van der Waals surface area contributed by atoms with Crippen molar-refractivity contribution in [3.63, 3.8) is 0 Å². The molecule has 1 aromatic carbocycles. The standard InChI is InChI=1S/C30H50N6O4/c1-6-8-16-30(25-11-10-18-35(21-25)28(38)40-29(3,4)5)22-39-36(26(31)34-30)20-24-14-12-23(13-15-24)19-33-27(37)32-17-9-7-2/h12-15,25H,6-11,16-22H2,1-5H3,(H2,31,34)(H2,32,33,37). The Morgan fingerprint density at radius 1 is 1.12 bits per heavy atom. The molecule has 10 heteroatoms. The second kappa shape index (κ2) is 14.6. The van der Waals surface area contributed by atoms with E-state index in [1.807, 2.05) is 49.9 Å². The van der Waals surface area contributed by atoms with Gasteiger partial charge in [-0.05, 0) is 57.6 Å². The maximum atomic E-state index is 12.8. The Kier molecular flexibility index (Phi) is 11.5. The largest absolute Gasteiger partial charge is 0.444 e. The van der Waals surface area contributed by atoms with Crippen molar-refractivity contribution in [2.75, 3.05) is 26.2 Å². The van der Waals surface area contributed by atoms with E-state index >= 15 is 0 Å². The Morgan fingerprint density at radius 3 is 2.48 bits per heavy atom. The molecule has 10 nitrogen and oxygen atoms in total. The average molecular weight is 559 g/mol. The lowest BCUT2D eigenvalue weighted by Gasteiger charge is -2.46. The molecule has 2 unspecified atom stereocenters. The van der Waals surface area contributed by atoms with Crippen LogP contribution >= 0.6 is 0 Å². The van der Waals surface area contributed by atoms with Crippen molar-refractivity contribution in [2.45, 2.75) is 104 Å². The zero-order valence-corrected chi connectivity index (χ0v) is 25.1. The van der Waals surface area contributed by atoms with E-state index in [1.54, 1.807) is 5.06 Å². The molecule has 2 aliphatic heterocycles. The first-order chi connectivity index (χ1) is 19.0. The van der Waals surface area contributed by atoms with E-state index in [0.29, 0.717) is 45.3 Å². The van der Waals surface area contributed by atoms with Crippen molar-refractivity contribution in [3.8, 4) is 0 Å². The highest BCUT2D eigenvalue weighted by molar-refractivity contribution is 5.78. The number of hydrogen-bond acceptors (Lipinski definition) is 7. The van der Waals surface area contributed by atoms with Gasteiger partial charge in [-0.1, -0.05) is 57.4 Å². The normalized spacial score (nSPS) is 21.5. The maximum Gasteiger partial charge on any atom is 0.410 e. The third-order valence-electron chi connectivity index (χ3n) is 7.48. The first-order valence-electron chi connectivity index (χ1n) is 14.9. The van der Waals surface area contributed by atoms with Crippen LogP contribution in [0, 0.1) is 5.92 Å². The highest BCUT2D eigenvalue weighted by Crippen LogP contribution is 2.38. The van der Waals surface area contributed by atoms with E-state index in [9.17, 15) is 9.59 Å². The summed E-state index contributed by atoms with van der Waals surface area (Å²) in [5.74, 6) is 0.512. The minimum atomic E-state index is -0.529. The summed E-state index contributed by atoms with van der Waals surface area (Å²) in [5, 5.41) is 7.40. The summed E-state index contributed by atoms with van der Waals surface area (Å²) in [6.45, 7) is 13.3. The Labute approximate surface area is 240 Å². The van der Waals surface area contributed by atoms with Gasteiger partial charge in [0, 0.05) is 32.1 Å². The maximum absolute atomic E-state index is 12.8. The van der Waals surface area contributed by atoms with Crippen LogP contribution in [-0.2, 0) is 22.7 Å². The van der Waals surface area contributed by atoms with Crippen LogP contribution in [0.25, 0.3) is 0 Å². The van der Waals surface area contributed by atoms with E-state index < -0.39 is 11.1 Å². The second-order valence-electron chi connectivity index (χ2n) is 12.0. The van der Waals surface area contributed by atoms with Gasteiger partial charge < -0.3 is 26.0 Å². The Bertz CT molecular complexity index is 993. The van der Waals surface area contributed by atoms with Gasteiger partial charge in [0.05, 0.1) is 12.1 Å². The molecular weight excluding hydrogens is 508 g/mol. The number of nitrogens with one attached hydrogen (secondary N) is 2. The fraction of sp³-hybridized carbons (Fsp3) is 0.700. The quantitative estimate of drug-likeness (QED) is 0.331. The van der Waals surface area contributed by atoms with E-state index in [0.717, 1.165) is 56.1 Å². The molecule has 0 aliphatic carbocycles. The van der Waals surface area contributed by atoms with Crippen molar-refractivity contribution < 1.29 is 19.2 Å². The number of aliphatic imine (C=N–C) groups is 1. The minimum absolute atomic E-state index is 0.145. The predicted octanol–water partition coefficient (Wildman–Crippen LogP) is 4.92. The molecule has 2 heterocycles. The van der Waals surface area contributed by atoms with Crippen molar-refractivity contribution in [1.29, 1.82) is 0 Å². The lowest BCUT2D eigenvalue weighted by atomic mass is 9.76. The molecule has 2 aliphatic rings. The molecule has 3 rings (SSSR count). The van der Waals surface area contributed by atoms with Crippen molar-refractivity contribution in [2.24, 2.45) is 16.6 Å². The second-order valence-corrected chi connectivity index (χ2v) is 12.0. The number of hydroxylamine groups is 2. The van der Waals surface area contributed by atoms with Gasteiger partial charge in [-0.3, -0.25) is 4.84 Å². The molecule has 1 aromatic rings. The number of piperidine rings is 1. The molecule has 0 radical (unpaired) electrons. The highest BCUT2D eigenvalue weighted by Gasteiger charge is 2.45. The number of nitrogens with two attached hydrogens (primary N) is 1. The van der Waals surface area contributed by atoms with Gasteiger partial charge in [0.1, 0.15) is 12.2 Å². The van der Waals surface area contributed by atoms with Gasteiger partial charge in [0.25, 0.3) is 0 Å². The number of nitrogens with zero attached hydrogens (tertiary/aromatic N) is 3. The molecule has 0 bridgehead atoms. The van der Waals surface area contributed by atoms with Crippen LogP contribution in [0.3, 0.4) is 0 Å². The first kappa shape index (κ1) is 31.5. The summed E-state index contributed by atoms with van der Waals surface area (Å²) in [6, 6.07) is 7.88. The van der Waals surface area contributed by atoms with Gasteiger partial charge in [-0.2, -0.15) is 0 Å². The zero-order chi connectivity index (χ0) is 29.2. The van der Waals surface area contributed by atoms with Crippen LogP contribution in [0.5, 0.6) is 0 Å². The van der Waals surface area contributed by atoms with E-state index in [1.165, 1.54) is 0 Å². The molecule has 4 N–H and O–H groups in total. The smallest absolute Gasteiger partial charge is 0.410 e. The number of likely N-dealkylation sites (tertiary alicyclic amines) is 1. The van der Waals surface area contributed by atoms with Crippen LogP contribution in [-0.4, -0.2) is 65.4 Å². The third kappa shape index (κ3) is 9.28. The number of rotatable bonds is 11. The van der Waals surface area contributed by atoms with Gasteiger partial charge in [0.2, 0.25) is 5.96 Å². The lowest BCUT2D eigenvalue weighted by molar-refractivity contribution is -0.149. The van der Waals surface area contributed by atoms with Crippen molar-refractivity contribution >= 4 is 18.1 Å². The molecule has 224 valence electrons. The number of ether oxygens (including phenoxy) is 1. The number of urea groups is 1. The van der Waals surface area contributed by atoms with Crippen LogP contribution < -0.4 is 16.4 Å². The van der Waals surface area contributed by atoms with Crippen LogP contribution in [0.2, 0.25) is 0 Å². The average Bonchev–Trinajstić information content (AvgIpc) is 2.92. The number of guanidine groups is 1. The summed E-state index contributed by atoms with van der Waals surface area (Å²) < 4.78 is 5.65. The molecule has 3 amide bonds. The molecule has 2 atom stereocenters. The molecule has 0 saturated carbocycles. The summed E-state index contributed by atoms with van der Waals surface area (Å²) in [7, 11) is 0. The summed E-state index contributed by atoms with van der Waals surface area (Å²) >= 11 is 0.